The Morgan fingerprint density at radius 3 is 1.13 bits per heavy atom. The van der Waals surface area contributed by atoms with E-state index in [0.717, 1.165) is 200 Å². The molecule has 4 aliphatic rings. The summed E-state index contributed by atoms with van der Waals surface area (Å²) in [6.45, 7) is 20.4. The first-order valence-corrected chi connectivity index (χ1v) is 40.2. The average molecular weight is 1310 g/mol. The summed E-state index contributed by atoms with van der Waals surface area (Å²) in [7, 11) is 0. The smallest absolute Gasteiger partial charge is 0.309 e. The second kappa shape index (κ2) is 51.9. The van der Waals surface area contributed by atoms with Crippen LogP contribution in [0.25, 0.3) is 0 Å². The average Bonchev–Trinajstić information content (AvgIpc) is 2.07. The molecule has 3 saturated carbocycles. The Kier molecular flexibility index (Phi) is 45.8. The van der Waals surface area contributed by atoms with Gasteiger partial charge in [-0.2, -0.15) is 0 Å². The number of unbranched alkanes of at least 4 members (excludes halogenated alkanes) is 24. The van der Waals surface area contributed by atoms with Crippen LogP contribution in [-0.4, -0.2) is 146 Å². The number of esters is 3. The fourth-order valence-corrected chi connectivity index (χ4v) is 15.6. The van der Waals surface area contributed by atoms with Crippen LogP contribution in [0.1, 0.15) is 343 Å². The highest BCUT2D eigenvalue weighted by molar-refractivity contribution is 5.87. The largest absolute Gasteiger partial charge is 0.463 e. The molecule has 1 N–H and O–H groups in total. The van der Waals surface area contributed by atoms with Crippen molar-refractivity contribution >= 4 is 35.6 Å². The molecule has 540 valence electrons. The number of likely N-dealkylation sites (tertiary alicyclic amines) is 1. The van der Waals surface area contributed by atoms with Crippen molar-refractivity contribution in [2.75, 3.05) is 85.3 Å². The van der Waals surface area contributed by atoms with E-state index in [9.17, 15) is 19.2 Å². The molecule has 3 amide bonds. The molecule has 0 aromatic heterocycles. The van der Waals surface area contributed by atoms with Crippen LogP contribution in [0.4, 0.5) is 0 Å². The Hall–Kier alpha value is -3.26. The number of carbonyl (C=O) groups excluding carboxylic acids is 6. The van der Waals surface area contributed by atoms with Crippen molar-refractivity contribution in [2.45, 2.75) is 349 Å². The van der Waals surface area contributed by atoms with Crippen LogP contribution in [0.2, 0.25) is 0 Å². The summed E-state index contributed by atoms with van der Waals surface area (Å²) < 4.78 is 19.5. The number of rotatable bonds is 54. The summed E-state index contributed by atoms with van der Waals surface area (Å²) in [5, 5.41) is 3.25. The SMILES string of the molecule is CCCCCCCN(CCCCCCC)CC1CCCCC1CC(=O)OCC(COC(=O)C1CCCCC1C(=O)N(CCCCCCC)CCCCCCC)(COC(=O)C1CCCCC1C(=O)N(CCCCCCC)CCCCCCC)NC(=O)CCN1CCCCC1. The summed E-state index contributed by atoms with van der Waals surface area (Å²) >= 11 is 0. The molecule has 4 rings (SSSR count). The highest BCUT2D eigenvalue weighted by atomic mass is 16.6. The molecule has 4 fully saturated rings. The summed E-state index contributed by atoms with van der Waals surface area (Å²) in [4.78, 5) is 98.5. The van der Waals surface area contributed by atoms with Gasteiger partial charge >= 0.3 is 17.9 Å². The Labute approximate surface area is 570 Å². The van der Waals surface area contributed by atoms with Crippen molar-refractivity contribution in [3.05, 3.63) is 0 Å². The number of hydrogen-bond acceptors (Lipinski definition) is 11. The van der Waals surface area contributed by atoms with Crippen molar-refractivity contribution in [3.8, 4) is 0 Å². The normalized spacial score (nSPS) is 21.0. The number of piperidine rings is 1. The maximum absolute atomic E-state index is 15.1. The monoisotopic (exact) mass is 1310 g/mol. The molecular weight excluding hydrogens is 1160 g/mol. The third-order valence-corrected chi connectivity index (χ3v) is 21.7. The minimum atomic E-state index is -1.65. The lowest BCUT2D eigenvalue weighted by molar-refractivity contribution is -0.168. The molecule has 0 aromatic rings. The maximum atomic E-state index is 15.1. The van der Waals surface area contributed by atoms with Gasteiger partial charge in [0.15, 0.2) is 0 Å². The van der Waals surface area contributed by atoms with Gasteiger partial charge in [-0.15, -0.1) is 0 Å². The van der Waals surface area contributed by atoms with E-state index in [2.05, 4.69) is 56.7 Å². The summed E-state index contributed by atoms with van der Waals surface area (Å²) in [6, 6.07) is 0. The highest BCUT2D eigenvalue weighted by Crippen LogP contribution is 2.37. The molecular formula is C79H145N5O9. The lowest BCUT2D eigenvalue weighted by Gasteiger charge is -2.38. The van der Waals surface area contributed by atoms with Crippen molar-refractivity contribution < 1.29 is 43.0 Å². The van der Waals surface area contributed by atoms with Crippen LogP contribution in [0, 0.1) is 35.5 Å². The molecule has 1 saturated heterocycles. The van der Waals surface area contributed by atoms with Crippen LogP contribution >= 0.6 is 0 Å². The van der Waals surface area contributed by atoms with Gasteiger partial charge in [0, 0.05) is 52.1 Å². The second-order valence-electron chi connectivity index (χ2n) is 29.8. The molecule has 14 nitrogen and oxygen atoms in total. The van der Waals surface area contributed by atoms with Crippen LogP contribution in [0.3, 0.4) is 0 Å². The molecule has 14 heteroatoms. The number of amides is 3. The van der Waals surface area contributed by atoms with Crippen LogP contribution in [-0.2, 0) is 43.0 Å². The molecule has 0 spiro atoms. The zero-order valence-electron chi connectivity index (χ0n) is 61.4. The van der Waals surface area contributed by atoms with E-state index in [0.29, 0.717) is 64.3 Å². The van der Waals surface area contributed by atoms with E-state index in [4.69, 9.17) is 14.2 Å². The fraction of sp³-hybridized carbons (Fsp3) is 0.924. The fourth-order valence-electron chi connectivity index (χ4n) is 15.6. The maximum Gasteiger partial charge on any atom is 0.309 e. The minimum absolute atomic E-state index is 0.0361. The van der Waals surface area contributed by atoms with Crippen molar-refractivity contribution in [2.24, 2.45) is 35.5 Å². The number of ether oxygens (including phenoxy) is 3. The first kappa shape index (κ1) is 82.2. The van der Waals surface area contributed by atoms with E-state index in [1.54, 1.807) is 0 Å². The van der Waals surface area contributed by atoms with Crippen molar-refractivity contribution in [1.82, 2.24) is 24.9 Å². The molecule has 1 heterocycles. The molecule has 93 heavy (non-hydrogen) atoms. The third kappa shape index (κ3) is 34.2. The molecule has 0 radical (unpaired) electrons. The van der Waals surface area contributed by atoms with Crippen LogP contribution in [0.15, 0.2) is 0 Å². The number of nitrogens with one attached hydrogen (secondary N) is 1. The zero-order valence-corrected chi connectivity index (χ0v) is 61.4. The van der Waals surface area contributed by atoms with Gasteiger partial charge in [-0.25, -0.2) is 0 Å². The predicted molar refractivity (Wildman–Crippen MR) is 382 cm³/mol. The topological polar surface area (TPSA) is 155 Å². The van der Waals surface area contributed by atoms with Gasteiger partial charge in [-0.1, -0.05) is 241 Å². The first-order valence-electron chi connectivity index (χ1n) is 40.2. The van der Waals surface area contributed by atoms with Gasteiger partial charge in [0.1, 0.15) is 25.4 Å². The molecule has 0 aromatic carbocycles. The Morgan fingerprint density at radius 1 is 0.387 bits per heavy atom. The predicted octanol–water partition coefficient (Wildman–Crippen LogP) is 17.9. The Balaban J connectivity index is 1.69. The van der Waals surface area contributed by atoms with Gasteiger partial charge < -0.3 is 39.1 Å². The Morgan fingerprint density at radius 2 is 0.731 bits per heavy atom. The minimum Gasteiger partial charge on any atom is -0.463 e. The number of nitrogens with zero attached hydrogens (tertiary/aromatic N) is 4. The quantitative estimate of drug-likeness (QED) is 0.0351. The lowest BCUT2D eigenvalue weighted by Crippen LogP contribution is -2.60. The van der Waals surface area contributed by atoms with Crippen molar-refractivity contribution in [3.63, 3.8) is 0 Å². The van der Waals surface area contributed by atoms with Gasteiger partial charge in [0.25, 0.3) is 0 Å². The first-order chi connectivity index (χ1) is 45.4. The van der Waals surface area contributed by atoms with E-state index < -0.39 is 54.4 Å². The summed E-state index contributed by atoms with van der Waals surface area (Å²) in [5.41, 5.74) is -1.65. The molecule has 1 aliphatic heterocycles. The number of hydrogen-bond donors (Lipinski definition) is 1. The van der Waals surface area contributed by atoms with Crippen molar-refractivity contribution in [1.29, 1.82) is 0 Å². The van der Waals surface area contributed by atoms with Gasteiger partial charge in [-0.3, -0.25) is 28.8 Å². The standard InChI is InChI=1S/C79H145N5O9/c1-7-13-19-25-38-55-82(56-39-26-20-14-8-2)63-68-47-33-32-46-67(68)62-74(86)91-64-79(80-73(85)52-61-81-53-40-31-41-54-81,65-92-77(89)71-50-36-34-48-69(71)75(87)83(57-42-27-21-15-9-3)58-43-28-22-16-10-4)66-93-78(90)72-51-37-35-49-70(72)76(88)84(59-44-29-23-17-11-5)60-45-30-24-18-12-6/h67-72H,7-66H2,1-6H3,(H,80,85). The second-order valence-corrected chi connectivity index (χ2v) is 29.8. The van der Waals surface area contributed by atoms with E-state index in [1.807, 2.05) is 9.80 Å². The Bertz CT molecular complexity index is 1840. The third-order valence-electron chi connectivity index (χ3n) is 21.7. The highest BCUT2D eigenvalue weighted by Gasteiger charge is 2.45. The zero-order chi connectivity index (χ0) is 67.0. The van der Waals surface area contributed by atoms with Crippen LogP contribution in [0.5, 0.6) is 0 Å². The summed E-state index contributed by atoms with van der Waals surface area (Å²) in [6.07, 6.45) is 47.8. The van der Waals surface area contributed by atoms with E-state index in [-0.39, 0.29) is 49.1 Å². The molecule has 0 bridgehead atoms. The number of carbonyl (C=O) groups is 6. The molecule has 6 unspecified atom stereocenters. The van der Waals surface area contributed by atoms with Gasteiger partial charge in [0.2, 0.25) is 17.7 Å². The van der Waals surface area contributed by atoms with Gasteiger partial charge in [0.05, 0.1) is 23.7 Å². The summed E-state index contributed by atoms with van der Waals surface area (Å²) in [5.74, 6) is -3.55. The lowest BCUT2D eigenvalue weighted by atomic mass is 9.77. The van der Waals surface area contributed by atoms with Gasteiger partial charge in [-0.05, 0) is 128 Å². The molecule has 3 aliphatic carbocycles. The van der Waals surface area contributed by atoms with E-state index in [1.165, 1.54) is 96.3 Å². The van der Waals surface area contributed by atoms with E-state index >= 15 is 9.59 Å². The molecule has 6 atom stereocenters. The van der Waals surface area contributed by atoms with Crippen LogP contribution < -0.4 is 5.32 Å².